The van der Waals surface area contributed by atoms with Crippen LogP contribution in [0.1, 0.15) is 10.5 Å². The minimum Gasteiger partial charge on any atom is -0.378 e. The molecule has 110 valence electrons. The first-order valence-electron chi connectivity index (χ1n) is 6.80. The summed E-state index contributed by atoms with van der Waals surface area (Å²) in [6, 6.07) is 11.5. The molecule has 0 unspecified atom stereocenters. The lowest BCUT2D eigenvalue weighted by molar-refractivity contribution is 0.111. The largest absolute Gasteiger partial charge is 0.378 e. The Morgan fingerprint density at radius 1 is 1.05 bits per heavy atom. The molecule has 0 aliphatic carbocycles. The first-order chi connectivity index (χ1) is 10.7. The van der Waals surface area contributed by atoms with Crippen molar-refractivity contribution in [3.8, 4) is 16.9 Å². The molecule has 0 atom stereocenters. The molecule has 0 saturated heterocycles. The van der Waals surface area contributed by atoms with Crippen LogP contribution in [-0.2, 0) is 0 Å². The van der Waals surface area contributed by atoms with E-state index in [0.29, 0.717) is 17.7 Å². The van der Waals surface area contributed by atoms with Gasteiger partial charge in [-0.2, -0.15) is 0 Å². The van der Waals surface area contributed by atoms with E-state index in [1.807, 2.05) is 55.4 Å². The van der Waals surface area contributed by atoms with Gasteiger partial charge in [0.15, 0.2) is 12.0 Å². The second kappa shape index (κ2) is 5.77. The molecule has 22 heavy (non-hydrogen) atoms. The Morgan fingerprint density at radius 3 is 2.32 bits per heavy atom. The van der Waals surface area contributed by atoms with Crippen LogP contribution in [0.15, 0.2) is 48.8 Å². The van der Waals surface area contributed by atoms with E-state index in [9.17, 15) is 4.79 Å². The van der Waals surface area contributed by atoms with Crippen molar-refractivity contribution in [3.05, 3.63) is 54.5 Å². The van der Waals surface area contributed by atoms with Crippen LogP contribution < -0.4 is 4.90 Å². The summed E-state index contributed by atoms with van der Waals surface area (Å²) < 4.78 is 1.67. The second-order valence-corrected chi connectivity index (χ2v) is 5.00. The number of benzene rings is 1. The van der Waals surface area contributed by atoms with E-state index in [2.05, 4.69) is 15.3 Å². The minimum absolute atomic E-state index is 0.308. The highest BCUT2D eigenvalue weighted by Gasteiger charge is 2.15. The van der Waals surface area contributed by atoms with Crippen molar-refractivity contribution in [2.75, 3.05) is 19.0 Å². The number of hydrogen-bond donors (Lipinski definition) is 0. The topological polar surface area (TPSA) is 63.9 Å². The van der Waals surface area contributed by atoms with Crippen LogP contribution in [0.4, 0.5) is 5.69 Å². The van der Waals surface area contributed by atoms with Gasteiger partial charge in [0.2, 0.25) is 0 Å². The van der Waals surface area contributed by atoms with Gasteiger partial charge in [0.25, 0.3) is 0 Å². The summed E-state index contributed by atoms with van der Waals surface area (Å²) in [4.78, 5) is 17.3. The van der Waals surface area contributed by atoms with Crippen molar-refractivity contribution in [2.45, 2.75) is 0 Å². The minimum atomic E-state index is 0.308. The van der Waals surface area contributed by atoms with Gasteiger partial charge >= 0.3 is 0 Å². The Bertz CT molecular complexity index is 778. The quantitative estimate of drug-likeness (QED) is 0.690. The fourth-order valence-electron chi connectivity index (χ4n) is 2.23. The Balaban J connectivity index is 2.12. The van der Waals surface area contributed by atoms with E-state index < -0.39 is 0 Å². The first-order valence-corrected chi connectivity index (χ1v) is 6.80. The van der Waals surface area contributed by atoms with Gasteiger partial charge in [-0.1, -0.05) is 5.21 Å². The fourth-order valence-corrected chi connectivity index (χ4v) is 2.23. The van der Waals surface area contributed by atoms with Gasteiger partial charge in [0.1, 0.15) is 5.69 Å². The molecule has 3 aromatic rings. The van der Waals surface area contributed by atoms with E-state index in [-0.39, 0.29) is 0 Å². The van der Waals surface area contributed by atoms with E-state index in [0.717, 1.165) is 16.9 Å². The number of aldehydes is 1. The highest BCUT2D eigenvalue weighted by molar-refractivity contribution is 5.83. The second-order valence-electron chi connectivity index (χ2n) is 5.00. The van der Waals surface area contributed by atoms with Crippen LogP contribution in [0, 0.1) is 0 Å². The lowest BCUT2D eigenvalue weighted by Crippen LogP contribution is -2.08. The van der Waals surface area contributed by atoms with Crippen LogP contribution in [0.5, 0.6) is 0 Å². The van der Waals surface area contributed by atoms with E-state index in [1.54, 1.807) is 17.1 Å². The molecule has 6 nitrogen and oxygen atoms in total. The summed E-state index contributed by atoms with van der Waals surface area (Å²) >= 11 is 0. The van der Waals surface area contributed by atoms with E-state index in [1.165, 1.54) is 0 Å². The van der Waals surface area contributed by atoms with Gasteiger partial charge in [-0.25, -0.2) is 4.68 Å². The van der Waals surface area contributed by atoms with Crippen molar-refractivity contribution in [1.82, 2.24) is 20.0 Å². The summed E-state index contributed by atoms with van der Waals surface area (Å²) in [5, 5.41) is 8.07. The molecular weight excluding hydrogens is 278 g/mol. The molecule has 0 fully saturated rings. The summed E-state index contributed by atoms with van der Waals surface area (Å²) in [6.45, 7) is 0. The van der Waals surface area contributed by atoms with Crippen LogP contribution in [0.3, 0.4) is 0 Å². The number of anilines is 1. The number of nitrogens with zero attached hydrogens (tertiary/aromatic N) is 5. The number of rotatable bonds is 4. The van der Waals surface area contributed by atoms with Gasteiger partial charge in [-0.05, 0) is 36.4 Å². The molecule has 3 rings (SSSR count). The molecule has 0 bridgehead atoms. The lowest BCUT2D eigenvalue weighted by atomic mass is 10.1. The monoisotopic (exact) mass is 293 g/mol. The average Bonchev–Trinajstić information content (AvgIpc) is 2.99. The van der Waals surface area contributed by atoms with Crippen LogP contribution >= 0.6 is 0 Å². The number of hydrogen-bond acceptors (Lipinski definition) is 5. The molecule has 0 aliphatic heterocycles. The zero-order valence-corrected chi connectivity index (χ0v) is 12.3. The zero-order chi connectivity index (χ0) is 15.5. The van der Waals surface area contributed by atoms with Crippen molar-refractivity contribution in [2.24, 2.45) is 0 Å². The highest BCUT2D eigenvalue weighted by atomic mass is 16.1. The van der Waals surface area contributed by atoms with Gasteiger partial charge in [-0.15, -0.1) is 5.10 Å². The van der Waals surface area contributed by atoms with Crippen LogP contribution in [0.2, 0.25) is 0 Å². The number of pyridine rings is 1. The van der Waals surface area contributed by atoms with Crippen molar-refractivity contribution >= 4 is 12.0 Å². The maximum atomic E-state index is 11.3. The molecule has 0 aliphatic rings. The molecule has 0 saturated carbocycles. The van der Waals surface area contributed by atoms with Gasteiger partial charge < -0.3 is 4.90 Å². The van der Waals surface area contributed by atoms with Gasteiger partial charge in [-0.3, -0.25) is 9.78 Å². The first kappa shape index (κ1) is 13.9. The summed E-state index contributed by atoms with van der Waals surface area (Å²) in [6.07, 6.45) is 4.07. The molecule has 2 aromatic heterocycles. The predicted octanol–water partition coefficient (Wildman–Crippen LogP) is 2.21. The van der Waals surface area contributed by atoms with Crippen molar-refractivity contribution in [3.63, 3.8) is 0 Å². The van der Waals surface area contributed by atoms with Crippen molar-refractivity contribution in [1.29, 1.82) is 0 Å². The number of aromatic nitrogens is 4. The maximum Gasteiger partial charge on any atom is 0.172 e. The normalized spacial score (nSPS) is 10.5. The van der Waals surface area contributed by atoms with Gasteiger partial charge in [0, 0.05) is 37.7 Å². The summed E-state index contributed by atoms with van der Waals surface area (Å²) in [7, 11) is 3.97. The highest BCUT2D eigenvalue weighted by Crippen LogP contribution is 2.24. The Hall–Kier alpha value is -3.02. The third-order valence-corrected chi connectivity index (χ3v) is 3.37. The third kappa shape index (κ3) is 2.46. The molecule has 0 spiro atoms. The zero-order valence-electron chi connectivity index (χ0n) is 12.3. The maximum absolute atomic E-state index is 11.3. The Kier molecular flexibility index (Phi) is 3.65. The lowest BCUT2D eigenvalue weighted by Gasteiger charge is -2.13. The van der Waals surface area contributed by atoms with E-state index in [4.69, 9.17) is 0 Å². The Labute approximate surface area is 128 Å². The molecular formula is C16H15N5O. The van der Waals surface area contributed by atoms with E-state index >= 15 is 0 Å². The van der Waals surface area contributed by atoms with Crippen LogP contribution in [-0.4, -0.2) is 40.4 Å². The molecule has 6 heteroatoms. The summed E-state index contributed by atoms with van der Waals surface area (Å²) in [5.74, 6) is 0. The smallest absolute Gasteiger partial charge is 0.172 e. The molecule has 2 heterocycles. The average molecular weight is 293 g/mol. The van der Waals surface area contributed by atoms with Gasteiger partial charge in [0.05, 0.1) is 5.69 Å². The van der Waals surface area contributed by atoms with Crippen molar-refractivity contribution < 1.29 is 4.79 Å². The fraction of sp³-hybridized carbons (Fsp3) is 0.125. The number of carbonyl (C=O) groups excluding carboxylic acids is 1. The molecule has 0 radical (unpaired) electrons. The molecule has 0 N–H and O–H groups in total. The molecule has 0 amide bonds. The number of carbonyl (C=O) groups is 1. The third-order valence-electron chi connectivity index (χ3n) is 3.37. The molecule has 1 aromatic carbocycles. The van der Waals surface area contributed by atoms with Crippen LogP contribution in [0.25, 0.3) is 16.9 Å². The Morgan fingerprint density at radius 2 is 1.73 bits per heavy atom. The SMILES string of the molecule is CN(C)c1ccc(-n2nnc(C=O)c2-c2ccncc2)cc1. The standard InChI is InChI=1S/C16H15N5O/c1-20(2)13-3-5-14(6-4-13)21-16(15(11-22)18-19-21)12-7-9-17-10-8-12/h3-11H,1-2H3. The summed E-state index contributed by atoms with van der Waals surface area (Å²) in [5.41, 5.74) is 3.75. The predicted molar refractivity (Wildman–Crippen MR) is 84.3 cm³/mol.